The molecule has 0 amide bonds. The molecule has 0 bridgehead atoms. The van der Waals surface area contributed by atoms with Crippen LogP contribution < -0.4 is 5.32 Å². The number of phenols is 1. The second-order valence-electron chi connectivity index (χ2n) is 4.64. The summed E-state index contributed by atoms with van der Waals surface area (Å²) in [5, 5.41) is 21.0. The zero-order chi connectivity index (χ0) is 15.6. The van der Waals surface area contributed by atoms with Crippen molar-refractivity contribution in [2.75, 3.05) is 5.32 Å². The average molecular weight is 310 g/mol. The van der Waals surface area contributed by atoms with Crippen molar-refractivity contribution in [1.82, 2.24) is 0 Å². The first-order valence-electron chi connectivity index (χ1n) is 6.13. The topological polar surface area (TPSA) is 69.6 Å². The Balaban J connectivity index is 2.42. The number of aryl methyl sites for hydroxylation is 1. The summed E-state index contributed by atoms with van der Waals surface area (Å²) in [5.74, 6) is -1.99. The molecule has 110 valence electrons. The number of aromatic hydroxyl groups is 1. The van der Waals surface area contributed by atoms with E-state index in [4.69, 9.17) is 16.7 Å². The lowest BCUT2D eigenvalue weighted by Gasteiger charge is -2.14. The van der Waals surface area contributed by atoms with Crippen molar-refractivity contribution in [3.05, 3.63) is 52.3 Å². The number of benzene rings is 2. The van der Waals surface area contributed by atoms with Crippen molar-refractivity contribution < 1.29 is 19.4 Å². The number of carboxylic acid groups (broad SMARTS) is 1. The smallest absolute Gasteiger partial charge is 0.307 e. The molecule has 0 radical (unpaired) electrons. The van der Waals surface area contributed by atoms with Gasteiger partial charge in [-0.25, -0.2) is 4.39 Å². The Labute approximate surface area is 125 Å². The highest BCUT2D eigenvalue weighted by molar-refractivity contribution is 6.33. The summed E-state index contributed by atoms with van der Waals surface area (Å²) in [4.78, 5) is 10.9. The van der Waals surface area contributed by atoms with E-state index in [2.05, 4.69) is 5.32 Å². The maximum Gasteiger partial charge on any atom is 0.307 e. The minimum Gasteiger partial charge on any atom is -0.508 e. The van der Waals surface area contributed by atoms with Crippen LogP contribution in [0.5, 0.6) is 5.75 Å². The first-order valence-corrected chi connectivity index (χ1v) is 6.51. The number of aliphatic carboxylic acids is 1. The van der Waals surface area contributed by atoms with Gasteiger partial charge in [0.05, 0.1) is 17.1 Å². The van der Waals surface area contributed by atoms with Crippen molar-refractivity contribution in [3.8, 4) is 5.75 Å². The first kappa shape index (κ1) is 15.1. The van der Waals surface area contributed by atoms with Crippen molar-refractivity contribution in [3.63, 3.8) is 0 Å². The standard InChI is InChI=1S/C15H13ClFNO3/c1-8-2-3-13(9(4-8)5-14(20)21)18-15-11(16)6-10(19)7-12(15)17/h2-4,6-7,18-19H,5H2,1H3,(H,20,21). The van der Waals surface area contributed by atoms with Crippen LogP contribution in [-0.2, 0) is 11.2 Å². The highest BCUT2D eigenvalue weighted by Gasteiger charge is 2.13. The van der Waals surface area contributed by atoms with E-state index in [0.29, 0.717) is 11.3 Å². The predicted molar refractivity (Wildman–Crippen MR) is 78.9 cm³/mol. The number of nitrogens with one attached hydrogen (secondary N) is 1. The van der Waals surface area contributed by atoms with E-state index < -0.39 is 11.8 Å². The molecule has 0 atom stereocenters. The molecule has 0 unspecified atom stereocenters. The van der Waals surface area contributed by atoms with Gasteiger partial charge < -0.3 is 15.5 Å². The number of hydrogen-bond acceptors (Lipinski definition) is 3. The second-order valence-corrected chi connectivity index (χ2v) is 5.05. The lowest BCUT2D eigenvalue weighted by atomic mass is 10.1. The Kier molecular flexibility index (Phi) is 4.33. The third kappa shape index (κ3) is 3.64. The normalized spacial score (nSPS) is 10.4. The predicted octanol–water partition coefficient (Wildman–Crippen LogP) is 3.86. The van der Waals surface area contributed by atoms with Gasteiger partial charge in [-0.3, -0.25) is 4.79 Å². The Morgan fingerprint density at radius 2 is 2.05 bits per heavy atom. The molecule has 2 aromatic carbocycles. The fourth-order valence-corrected chi connectivity index (χ4v) is 2.22. The van der Waals surface area contributed by atoms with Crippen LogP contribution in [0.25, 0.3) is 0 Å². The summed E-state index contributed by atoms with van der Waals surface area (Å²) in [6, 6.07) is 7.29. The van der Waals surface area contributed by atoms with E-state index in [1.165, 1.54) is 6.07 Å². The van der Waals surface area contributed by atoms with E-state index in [9.17, 15) is 14.3 Å². The van der Waals surface area contributed by atoms with E-state index >= 15 is 0 Å². The van der Waals surface area contributed by atoms with Gasteiger partial charge >= 0.3 is 5.97 Å². The molecule has 2 aromatic rings. The molecule has 0 saturated heterocycles. The van der Waals surface area contributed by atoms with Crippen LogP contribution in [-0.4, -0.2) is 16.2 Å². The molecule has 0 aromatic heterocycles. The van der Waals surface area contributed by atoms with Gasteiger partial charge in [-0.2, -0.15) is 0 Å². The van der Waals surface area contributed by atoms with Gasteiger partial charge in [0.2, 0.25) is 0 Å². The molecule has 0 aliphatic heterocycles. The van der Waals surface area contributed by atoms with Gasteiger partial charge in [-0.15, -0.1) is 0 Å². The van der Waals surface area contributed by atoms with Crippen molar-refractivity contribution >= 4 is 28.9 Å². The lowest BCUT2D eigenvalue weighted by molar-refractivity contribution is -0.136. The quantitative estimate of drug-likeness (QED) is 0.750. The Morgan fingerprint density at radius 1 is 1.33 bits per heavy atom. The number of halogens is 2. The summed E-state index contributed by atoms with van der Waals surface area (Å²) in [5.41, 5.74) is 1.86. The summed E-state index contributed by atoms with van der Waals surface area (Å²) in [6.45, 7) is 1.84. The Hall–Kier alpha value is -2.27. The molecule has 0 heterocycles. The molecule has 6 heteroatoms. The van der Waals surface area contributed by atoms with Crippen LogP contribution in [0.1, 0.15) is 11.1 Å². The maximum atomic E-state index is 13.8. The SMILES string of the molecule is Cc1ccc(Nc2c(F)cc(O)cc2Cl)c(CC(=O)O)c1. The number of carbonyl (C=O) groups is 1. The van der Waals surface area contributed by atoms with Crippen molar-refractivity contribution in [2.45, 2.75) is 13.3 Å². The van der Waals surface area contributed by atoms with E-state index in [0.717, 1.165) is 11.6 Å². The Bertz CT molecular complexity index is 680. The van der Waals surface area contributed by atoms with Crippen LogP contribution >= 0.6 is 11.6 Å². The molecule has 21 heavy (non-hydrogen) atoms. The van der Waals surface area contributed by atoms with Crippen LogP contribution in [0.2, 0.25) is 5.02 Å². The summed E-state index contributed by atoms with van der Waals surface area (Å²) >= 11 is 5.90. The van der Waals surface area contributed by atoms with E-state index in [-0.39, 0.29) is 22.9 Å². The monoisotopic (exact) mass is 309 g/mol. The molecule has 4 nitrogen and oxygen atoms in total. The van der Waals surface area contributed by atoms with Crippen molar-refractivity contribution in [1.29, 1.82) is 0 Å². The number of anilines is 2. The van der Waals surface area contributed by atoms with Gasteiger partial charge in [-0.05, 0) is 18.6 Å². The fraction of sp³-hybridized carbons (Fsp3) is 0.133. The van der Waals surface area contributed by atoms with Gasteiger partial charge in [0.25, 0.3) is 0 Å². The third-order valence-corrected chi connectivity index (χ3v) is 3.19. The maximum absolute atomic E-state index is 13.8. The average Bonchev–Trinajstić information content (AvgIpc) is 2.35. The fourth-order valence-electron chi connectivity index (χ4n) is 1.97. The summed E-state index contributed by atoms with van der Waals surface area (Å²) in [7, 11) is 0. The van der Waals surface area contributed by atoms with Crippen molar-refractivity contribution in [2.24, 2.45) is 0 Å². The molecular formula is C15H13ClFNO3. The third-order valence-electron chi connectivity index (χ3n) is 2.89. The van der Waals surface area contributed by atoms with Crippen LogP contribution in [0.15, 0.2) is 30.3 Å². The summed E-state index contributed by atoms with van der Waals surface area (Å²) < 4.78 is 13.8. The second kappa shape index (κ2) is 6.01. The number of hydrogen-bond donors (Lipinski definition) is 3. The minimum atomic E-state index is -0.985. The molecule has 0 aliphatic rings. The highest BCUT2D eigenvalue weighted by Crippen LogP contribution is 2.33. The van der Waals surface area contributed by atoms with Gasteiger partial charge in [0.1, 0.15) is 5.75 Å². The van der Waals surface area contributed by atoms with Crippen LogP contribution in [0, 0.1) is 12.7 Å². The molecular weight excluding hydrogens is 297 g/mol. The molecule has 0 aliphatic carbocycles. The number of rotatable bonds is 4. The van der Waals surface area contributed by atoms with Crippen LogP contribution in [0.3, 0.4) is 0 Å². The van der Waals surface area contributed by atoms with Gasteiger partial charge in [-0.1, -0.05) is 29.3 Å². The van der Waals surface area contributed by atoms with Gasteiger partial charge in [0.15, 0.2) is 5.82 Å². The summed E-state index contributed by atoms with van der Waals surface area (Å²) in [6.07, 6.45) is -0.193. The minimum absolute atomic E-state index is 0.00866. The molecule has 2 rings (SSSR count). The zero-order valence-corrected chi connectivity index (χ0v) is 11.9. The first-order chi connectivity index (χ1) is 9.86. The molecule has 0 spiro atoms. The van der Waals surface area contributed by atoms with Gasteiger partial charge in [0, 0.05) is 17.8 Å². The Morgan fingerprint density at radius 3 is 2.67 bits per heavy atom. The number of carboxylic acids is 1. The molecule has 0 saturated carbocycles. The lowest BCUT2D eigenvalue weighted by Crippen LogP contribution is -2.05. The largest absolute Gasteiger partial charge is 0.508 e. The van der Waals surface area contributed by atoms with E-state index in [1.807, 2.05) is 6.92 Å². The highest BCUT2D eigenvalue weighted by atomic mass is 35.5. The molecule has 0 fully saturated rings. The zero-order valence-electron chi connectivity index (χ0n) is 11.2. The van der Waals surface area contributed by atoms with E-state index in [1.54, 1.807) is 18.2 Å². The molecule has 3 N–H and O–H groups in total. The van der Waals surface area contributed by atoms with Crippen LogP contribution in [0.4, 0.5) is 15.8 Å². The number of phenolic OH excluding ortho intramolecular Hbond substituents is 1.